The zero-order valence-electron chi connectivity index (χ0n) is 14.2. The number of quaternary nitrogens is 1. The molecule has 130 valence electrons. The first-order valence-electron chi connectivity index (χ1n) is 7.67. The predicted octanol–water partition coefficient (Wildman–Crippen LogP) is 2.93. The minimum Gasteiger partial charge on any atom is -0.338 e. The Bertz CT molecular complexity index is 723. The summed E-state index contributed by atoms with van der Waals surface area (Å²) in [4.78, 5) is 13.1. The number of likely N-dealkylation sites (N-methyl/N-ethyl adjacent to an activating group) is 1. The minimum atomic E-state index is -0.144. The molecule has 0 aliphatic heterocycles. The molecule has 1 aromatic carbocycles. The van der Waals surface area contributed by atoms with Crippen molar-refractivity contribution in [3.63, 3.8) is 0 Å². The fourth-order valence-electron chi connectivity index (χ4n) is 2.20. The SMILES string of the molecule is C[NH+](CC(=O)Nc1cc(C(C)(C)C)no1)Cc1ccc(Cl)cc1Cl. The van der Waals surface area contributed by atoms with E-state index in [1.807, 2.05) is 33.9 Å². The molecule has 1 atom stereocenters. The van der Waals surface area contributed by atoms with Gasteiger partial charge in [0.05, 0.1) is 17.8 Å². The van der Waals surface area contributed by atoms with Crippen LogP contribution in [0.25, 0.3) is 0 Å². The molecular formula is C17H22Cl2N3O2+. The maximum absolute atomic E-state index is 12.1. The highest BCUT2D eigenvalue weighted by molar-refractivity contribution is 6.35. The van der Waals surface area contributed by atoms with Crippen molar-refractivity contribution in [1.82, 2.24) is 5.16 Å². The topological polar surface area (TPSA) is 59.6 Å². The average Bonchev–Trinajstić information content (AvgIpc) is 2.90. The van der Waals surface area contributed by atoms with E-state index in [4.69, 9.17) is 27.7 Å². The summed E-state index contributed by atoms with van der Waals surface area (Å²) >= 11 is 12.1. The molecule has 0 fully saturated rings. The summed E-state index contributed by atoms with van der Waals surface area (Å²) < 4.78 is 5.17. The highest BCUT2D eigenvalue weighted by Crippen LogP contribution is 2.23. The Hall–Kier alpha value is -1.56. The monoisotopic (exact) mass is 370 g/mol. The third-order valence-corrected chi connectivity index (χ3v) is 4.10. The second-order valence-electron chi connectivity index (χ2n) is 6.92. The number of nitrogens with zero attached hydrogens (tertiary/aromatic N) is 1. The van der Waals surface area contributed by atoms with E-state index in [2.05, 4.69) is 10.5 Å². The van der Waals surface area contributed by atoms with Crippen LogP contribution in [0.1, 0.15) is 32.0 Å². The molecule has 24 heavy (non-hydrogen) atoms. The van der Waals surface area contributed by atoms with Crippen LogP contribution in [-0.4, -0.2) is 24.7 Å². The number of carbonyl (C=O) groups excluding carboxylic acids is 1. The number of amides is 1. The number of nitrogens with one attached hydrogen (secondary N) is 2. The average molecular weight is 371 g/mol. The van der Waals surface area contributed by atoms with Crippen LogP contribution >= 0.6 is 23.2 Å². The molecular weight excluding hydrogens is 349 g/mol. The zero-order valence-corrected chi connectivity index (χ0v) is 15.8. The standard InChI is InChI=1S/C17H21Cl2N3O2/c1-17(2,3)14-8-16(24-21-14)20-15(23)10-22(4)9-11-5-6-12(18)7-13(11)19/h5-8H,9-10H2,1-4H3,(H,20,23)/p+1. The van der Waals surface area contributed by atoms with Crippen LogP contribution in [0.4, 0.5) is 5.88 Å². The summed E-state index contributed by atoms with van der Waals surface area (Å²) in [5.41, 5.74) is 1.62. The fraction of sp³-hybridized carbons (Fsp3) is 0.412. The van der Waals surface area contributed by atoms with Crippen molar-refractivity contribution in [3.8, 4) is 0 Å². The molecule has 1 heterocycles. The summed E-state index contributed by atoms with van der Waals surface area (Å²) in [5.74, 6) is 0.219. The number of halogens is 2. The van der Waals surface area contributed by atoms with Crippen LogP contribution in [0.3, 0.4) is 0 Å². The Morgan fingerprint density at radius 3 is 2.58 bits per heavy atom. The molecule has 2 aromatic rings. The summed E-state index contributed by atoms with van der Waals surface area (Å²) in [7, 11) is 1.92. The molecule has 1 aromatic heterocycles. The first kappa shape index (κ1) is 18.8. The molecule has 0 saturated heterocycles. The van der Waals surface area contributed by atoms with Gasteiger partial charge in [0.25, 0.3) is 5.91 Å². The van der Waals surface area contributed by atoms with Gasteiger partial charge in [0.15, 0.2) is 6.54 Å². The molecule has 1 unspecified atom stereocenters. The lowest BCUT2D eigenvalue weighted by molar-refractivity contribution is -0.885. The number of hydrogen-bond acceptors (Lipinski definition) is 3. The van der Waals surface area contributed by atoms with Gasteiger partial charge in [-0.15, -0.1) is 0 Å². The van der Waals surface area contributed by atoms with Gasteiger partial charge >= 0.3 is 0 Å². The summed E-state index contributed by atoms with van der Waals surface area (Å²) in [6.45, 7) is 7.00. The number of hydrogen-bond donors (Lipinski definition) is 2. The van der Waals surface area contributed by atoms with Gasteiger partial charge in [-0.1, -0.05) is 55.2 Å². The molecule has 0 aliphatic carbocycles. The molecule has 2 rings (SSSR count). The molecule has 5 nitrogen and oxygen atoms in total. The van der Waals surface area contributed by atoms with Crippen molar-refractivity contribution in [1.29, 1.82) is 0 Å². The first-order valence-corrected chi connectivity index (χ1v) is 8.43. The van der Waals surface area contributed by atoms with Gasteiger partial charge < -0.3 is 9.42 Å². The second kappa shape index (κ2) is 7.55. The van der Waals surface area contributed by atoms with Gasteiger partial charge in [-0.05, 0) is 12.1 Å². The zero-order chi connectivity index (χ0) is 17.9. The van der Waals surface area contributed by atoms with E-state index >= 15 is 0 Å². The van der Waals surface area contributed by atoms with Crippen molar-refractivity contribution in [2.45, 2.75) is 32.7 Å². The van der Waals surface area contributed by atoms with E-state index in [1.165, 1.54) is 0 Å². The van der Waals surface area contributed by atoms with Crippen LogP contribution in [0, 0.1) is 0 Å². The Morgan fingerprint density at radius 1 is 1.29 bits per heavy atom. The Labute approximate surface area is 151 Å². The van der Waals surface area contributed by atoms with Gasteiger partial charge in [-0.2, -0.15) is 0 Å². The summed E-state index contributed by atoms with van der Waals surface area (Å²) in [6, 6.07) is 7.12. The molecule has 0 radical (unpaired) electrons. The second-order valence-corrected chi connectivity index (χ2v) is 7.76. The molecule has 0 saturated carbocycles. The van der Waals surface area contributed by atoms with Gasteiger partial charge in [0.2, 0.25) is 5.88 Å². The Kier molecular flexibility index (Phi) is 5.91. The quantitative estimate of drug-likeness (QED) is 0.850. The van der Waals surface area contributed by atoms with Crippen LogP contribution in [0.5, 0.6) is 0 Å². The lowest BCUT2D eigenvalue weighted by Gasteiger charge is -2.14. The van der Waals surface area contributed by atoms with Crippen LogP contribution < -0.4 is 10.2 Å². The maximum Gasteiger partial charge on any atom is 0.281 e. The molecule has 0 bridgehead atoms. The van der Waals surface area contributed by atoms with Gasteiger partial charge in [-0.25, -0.2) is 0 Å². The molecule has 0 spiro atoms. The lowest BCUT2D eigenvalue weighted by atomic mass is 9.92. The number of aromatic nitrogens is 1. The highest BCUT2D eigenvalue weighted by Gasteiger charge is 2.20. The summed E-state index contributed by atoms with van der Waals surface area (Å²) in [5, 5.41) is 7.91. The number of anilines is 1. The van der Waals surface area contributed by atoms with E-state index < -0.39 is 0 Å². The minimum absolute atomic E-state index is 0.125. The van der Waals surface area contributed by atoms with Crippen LogP contribution in [0.15, 0.2) is 28.8 Å². The van der Waals surface area contributed by atoms with Crippen molar-refractivity contribution in [2.75, 3.05) is 18.9 Å². The normalized spacial score (nSPS) is 12.9. The van der Waals surface area contributed by atoms with E-state index in [1.54, 1.807) is 18.2 Å². The highest BCUT2D eigenvalue weighted by atomic mass is 35.5. The third-order valence-electron chi connectivity index (χ3n) is 3.51. The molecule has 7 heteroatoms. The van der Waals surface area contributed by atoms with E-state index in [0.717, 1.165) is 16.2 Å². The van der Waals surface area contributed by atoms with Gasteiger partial charge in [0, 0.05) is 22.1 Å². The third kappa shape index (κ3) is 5.23. The van der Waals surface area contributed by atoms with Crippen molar-refractivity contribution >= 4 is 35.0 Å². The maximum atomic E-state index is 12.1. The van der Waals surface area contributed by atoms with Crippen molar-refractivity contribution in [3.05, 3.63) is 45.6 Å². The Balaban J connectivity index is 1.91. The van der Waals surface area contributed by atoms with Gasteiger partial charge in [-0.3, -0.25) is 10.1 Å². The molecule has 2 N–H and O–H groups in total. The molecule has 1 amide bonds. The van der Waals surface area contributed by atoms with E-state index in [9.17, 15) is 4.79 Å². The van der Waals surface area contributed by atoms with E-state index in [-0.39, 0.29) is 17.9 Å². The molecule has 0 aliphatic rings. The number of rotatable bonds is 5. The van der Waals surface area contributed by atoms with Crippen molar-refractivity contribution < 1.29 is 14.2 Å². The summed E-state index contributed by atoms with van der Waals surface area (Å²) in [6.07, 6.45) is 0. The van der Waals surface area contributed by atoms with E-state index in [0.29, 0.717) is 22.5 Å². The Morgan fingerprint density at radius 2 is 2.00 bits per heavy atom. The fourth-order valence-corrected chi connectivity index (χ4v) is 2.67. The lowest BCUT2D eigenvalue weighted by Crippen LogP contribution is -3.08. The number of carbonyl (C=O) groups is 1. The largest absolute Gasteiger partial charge is 0.338 e. The van der Waals surface area contributed by atoms with Gasteiger partial charge in [0.1, 0.15) is 6.54 Å². The smallest absolute Gasteiger partial charge is 0.281 e. The first-order chi connectivity index (χ1) is 11.1. The number of benzene rings is 1. The van der Waals surface area contributed by atoms with Crippen LogP contribution in [0.2, 0.25) is 10.0 Å². The van der Waals surface area contributed by atoms with Crippen LogP contribution in [-0.2, 0) is 16.8 Å². The predicted molar refractivity (Wildman–Crippen MR) is 95.8 cm³/mol. The van der Waals surface area contributed by atoms with Crippen molar-refractivity contribution in [2.24, 2.45) is 0 Å².